The zero-order chi connectivity index (χ0) is 75.7. The number of aromatic hydroxyl groups is 4. The van der Waals surface area contributed by atoms with E-state index in [2.05, 4.69) is 10.5 Å². The van der Waals surface area contributed by atoms with Gasteiger partial charge in [0, 0.05) is 102 Å². The molecule has 5 aromatic rings. The lowest BCUT2D eigenvalue weighted by Gasteiger charge is -2.48. The van der Waals surface area contributed by atoms with Gasteiger partial charge in [-0.1, -0.05) is 49.4 Å². The van der Waals surface area contributed by atoms with Crippen molar-refractivity contribution in [1.82, 2.24) is 10.3 Å². The Morgan fingerprint density at radius 2 is 1.26 bits per heavy atom. The molecular weight excluding hydrogens is 1370 g/mol. The predicted molar refractivity (Wildman–Crippen MR) is 368 cm³/mol. The van der Waals surface area contributed by atoms with Gasteiger partial charge in [0.1, 0.15) is 58.6 Å². The molecule has 13 rings (SSSR count). The van der Waals surface area contributed by atoms with Crippen molar-refractivity contribution in [2.75, 3.05) is 28.3 Å². The molecule has 0 spiro atoms. The van der Waals surface area contributed by atoms with Crippen LogP contribution in [0.15, 0.2) is 77.9 Å². The largest absolute Gasteiger partial charge is 0.507 e. The van der Waals surface area contributed by atoms with Gasteiger partial charge in [0.25, 0.3) is 5.91 Å². The molecule has 13 unspecified atom stereocenters. The van der Waals surface area contributed by atoms with E-state index in [0.29, 0.717) is 18.4 Å². The van der Waals surface area contributed by atoms with Gasteiger partial charge in [-0.15, -0.1) is 0 Å². The molecule has 1 amide bonds. The molecule has 562 valence electrons. The number of ether oxygens (including phenoxy) is 10. The van der Waals surface area contributed by atoms with E-state index in [1.54, 1.807) is 65.0 Å². The maximum Gasteiger partial charge on any atom is 0.316 e. The number of ketones is 5. The van der Waals surface area contributed by atoms with Crippen LogP contribution in [-0.4, -0.2) is 218 Å². The highest BCUT2D eigenvalue weighted by Crippen LogP contribution is 2.56. The first-order valence-electron chi connectivity index (χ1n) is 35.0. The highest BCUT2D eigenvalue weighted by atomic mass is 16.7. The van der Waals surface area contributed by atoms with Gasteiger partial charge >= 0.3 is 5.97 Å². The molecule has 105 heavy (non-hydrogen) atoms. The summed E-state index contributed by atoms with van der Waals surface area (Å²) in [5.74, 6) is -7.68. The molecule has 0 radical (unpaired) electrons. The summed E-state index contributed by atoms with van der Waals surface area (Å²) in [6.45, 7) is 10.0. The van der Waals surface area contributed by atoms with Crippen molar-refractivity contribution in [2.24, 2.45) is 10.8 Å². The number of rotatable bonds is 15. The fourth-order valence-electron chi connectivity index (χ4n) is 15.8. The molecule has 29 nitrogen and oxygen atoms in total. The zero-order valence-electron chi connectivity index (χ0n) is 59.6. The van der Waals surface area contributed by atoms with Crippen LogP contribution >= 0.6 is 0 Å². The zero-order valence-corrected chi connectivity index (χ0v) is 59.6. The molecule has 29 heteroatoms. The van der Waals surface area contributed by atoms with Gasteiger partial charge < -0.3 is 98.9 Å². The molecule has 11 N–H and O–H groups in total. The Morgan fingerprint density at radius 1 is 0.657 bits per heavy atom. The number of nitrogens with one attached hydrogen (secondary N) is 1. The summed E-state index contributed by atoms with van der Waals surface area (Å²) in [6.07, 6.45) is -11.2. The molecule has 5 aromatic carbocycles. The van der Waals surface area contributed by atoms with E-state index < -0.39 is 178 Å². The van der Waals surface area contributed by atoms with Crippen LogP contribution in [0.25, 0.3) is 0 Å². The molecule has 4 aliphatic heterocycles. The molecule has 19 atom stereocenters. The predicted octanol–water partition coefficient (Wildman–Crippen LogP) is 5.40. The van der Waals surface area contributed by atoms with Crippen LogP contribution in [-0.2, 0) is 58.6 Å². The number of benzene rings is 5. The minimum absolute atomic E-state index is 0.00573. The van der Waals surface area contributed by atoms with Crippen LogP contribution in [0.5, 0.6) is 28.7 Å². The maximum absolute atomic E-state index is 13.9. The number of amides is 1. The summed E-state index contributed by atoms with van der Waals surface area (Å²) in [6, 6.07) is 17.2. The molecular formula is C76H88N4O25. The number of carbonyl (C=O) groups is 7. The summed E-state index contributed by atoms with van der Waals surface area (Å²) < 4.78 is 60.1. The van der Waals surface area contributed by atoms with Gasteiger partial charge in [0.2, 0.25) is 11.6 Å². The Morgan fingerprint density at radius 3 is 1.90 bits per heavy atom. The number of likely N-dealkylation sites (N-methyl/N-ethyl adjacent to an activating group) is 1. The minimum atomic E-state index is -1.88. The van der Waals surface area contributed by atoms with E-state index in [4.69, 9.17) is 53.1 Å². The number of carbonyl (C=O) groups excluding carboxylic acids is 7. The van der Waals surface area contributed by atoms with Crippen LogP contribution in [0.2, 0.25) is 0 Å². The van der Waals surface area contributed by atoms with Crippen LogP contribution in [0.3, 0.4) is 0 Å². The van der Waals surface area contributed by atoms with Crippen LogP contribution < -0.4 is 15.9 Å². The van der Waals surface area contributed by atoms with Gasteiger partial charge in [0.05, 0.1) is 96.1 Å². The van der Waals surface area contributed by atoms with Gasteiger partial charge in [-0.3, -0.25) is 33.6 Å². The summed E-state index contributed by atoms with van der Waals surface area (Å²) in [4.78, 5) is 95.4. The Bertz CT molecular complexity index is 4270. The highest BCUT2D eigenvalue weighted by Gasteiger charge is 2.55. The lowest BCUT2D eigenvalue weighted by Crippen LogP contribution is -2.58. The molecule has 0 aromatic heterocycles. The van der Waals surface area contributed by atoms with Gasteiger partial charge in [0.15, 0.2) is 42.5 Å². The number of esters is 1. The average Bonchev–Trinajstić information content (AvgIpc) is 0.715. The monoisotopic (exact) mass is 1460 g/mol. The van der Waals surface area contributed by atoms with E-state index in [-0.39, 0.29) is 124 Å². The fraction of sp³-hybridized carbons (Fsp3) is 0.500. The summed E-state index contributed by atoms with van der Waals surface area (Å²) in [5.41, 5.74) is 3.55. The molecule has 4 heterocycles. The van der Waals surface area contributed by atoms with E-state index in [9.17, 15) is 74.4 Å². The van der Waals surface area contributed by atoms with E-state index >= 15 is 0 Å². The highest BCUT2D eigenvalue weighted by molar-refractivity contribution is 6.32. The molecule has 4 saturated heterocycles. The van der Waals surface area contributed by atoms with Crippen molar-refractivity contribution in [3.8, 4) is 28.7 Å². The number of phenolic OH excluding ortho intramolecular Hbond substituents is 4. The van der Waals surface area contributed by atoms with Crippen molar-refractivity contribution in [3.63, 3.8) is 0 Å². The Balaban J connectivity index is 0.000000202. The third-order valence-corrected chi connectivity index (χ3v) is 21.6. The number of hydrogen-bond acceptors (Lipinski definition) is 28. The Kier molecular flexibility index (Phi) is 21.8. The summed E-state index contributed by atoms with van der Waals surface area (Å²) in [7, 11) is 6.26. The number of aliphatic hydroxyl groups excluding tert-OH is 2. The number of methoxy groups -OCH3 is 2. The minimum Gasteiger partial charge on any atom is -0.507 e. The van der Waals surface area contributed by atoms with Crippen molar-refractivity contribution in [3.05, 3.63) is 145 Å². The molecule has 0 saturated carbocycles. The number of Topliss-reactive ketones (excluding diaryl/α,β-unsaturated/α-hetero) is 1. The number of fused-ring (bicyclic) bond motifs is 6. The first-order chi connectivity index (χ1) is 49.8. The number of nitrogens with two attached hydrogens (primary N) is 1. The lowest BCUT2D eigenvalue weighted by atomic mass is 9.67. The Labute approximate surface area is 604 Å². The SMILES string of the molecule is CCC1(O)CC(OC2CC(N(C)C)C(OC3CC(O)C(OC4CCC(=O)C(C)O4)C(C)O3)C(C)O2)c2c(cc3c(c2O)C(=O)c2c(O)cccc2C3=O)C1C(=O)OC.COc1cccc2c1C(=O)c1c(O)c3c(c(O)c1C2=O)C[C@@](O)(/C(C)=N/NC(=O)c1ccccc1)C[C@@H]3O[C@H]1C[C@H](N)[C@H](O)[C@H](C)O1. The van der Waals surface area contributed by atoms with Gasteiger partial charge in [-0.2, -0.15) is 5.10 Å². The van der Waals surface area contributed by atoms with Crippen LogP contribution in [0.4, 0.5) is 0 Å². The first kappa shape index (κ1) is 76.2. The summed E-state index contributed by atoms with van der Waals surface area (Å²) in [5, 5.41) is 95.8. The van der Waals surface area contributed by atoms with Crippen LogP contribution in [0.1, 0.15) is 207 Å². The second-order valence-electron chi connectivity index (χ2n) is 28.4. The van der Waals surface area contributed by atoms with E-state index in [0.717, 1.165) is 0 Å². The summed E-state index contributed by atoms with van der Waals surface area (Å²) >= 11 is 0. The normalized spacial score (nSPS) is 32.1. The maximum atomic E-state index is 13.9. The topological polar surface area (TPSA) is 427 Å². The smallest absolute Gasteiger partial charge is 0.316 e. The third kappa shape index (κ3) is 14.1. The molecule has 4 aliphatic carbocycles. The molecule has 8 aliphatic rings. The third-order valence-electron chi connectivity index (χ3n) is 21.6. The van der Waals surface area contributed by atoms with Crippen molar-refractivity contribution in [2.45, 2.75) is 215 Å². The van der Waals surface area contributed by atoms with E-state index in [1.165, 1.54) is 63.6 Å². The Hall–Kier alpha value is -8.50. The number of phenols is 4. The van der Waals surface area contributed by atoms with Crippen molar-refractivity contribution in [1.29, 1.82) is 0 Å². The number of nitrogens with zero attached hydrogens (tertiary/aromatic N) is 2. The fourth-order valence-corrected chi connectivity index (χ4v) is 15.8. The molecule has 0 bridgehead atoms. The molecule has 4 fully saturated rings. The van der Waals surface area contributed by atoms with E-state index in [1.807, 2.05) is 19.0 Å². The second-order valence-corrected chi connectivity index (χ2v) is 28.4. The van der Waals surface area contributed by atoms with Crippen molar-refractivity contribution < 1.29 is 122 Å². The van der Waals surface area contributed by atoms with Gasteiger partial charge in [-0.05, 0) is 91.0 Å². The number of aliphatic hydroxyl groups is 4. The standard InChI is InChI=1S/C42H53NO15.C34H35N3O10/c1-8-42(51)17-28(33-22(35(42)41(50)52-7)14-23-34(38(33)49)37(48)32-21(36(23)47)10-9-11-26(32)45)56-30-15-24(43(5)6)39(19(3)54-30)58-31-16-27(46)40(20(4)55-31)57-29-13-12-25(44)18(2)53-29;1-15-28(38)20(35)12-23(46-15)47-22-14-34(44,16(2)36-37-33(43)17-8-5-4-6-9-17)13-19-25(22)32(42)27-26(30(19)40)29(39)18-10-7-11-21(45-3)24(18)31(27)41/h9-11,14,18-20,24,27-31,35,39-40,45-46,49,51H,8,12-13,15-17H2,1-7H3;4-11,15,20,22-23,28,38,40,42,44H,12-14,35H2,1-3H3,(H,37,43)/b;36-16+/t;15-,20-,22-,23-,28+,34-/m.0/s1. The second kappa shape index (κ2) is 30.0. The lowest BCUT2D eigenvalue weighted by molar-refractivity contribution is -0.324. The average molecular weight is 1460 g/mol. The van der Waals surface area contributed by atoms with Crippen molar-refractivity contribution >= 4 is 46.5 Å². The first-order valence-corrected chi connectivity index (χ1v) is 35.0. The van der Waals surface area contributed by atoms with Gasteiger partial charge in [-0.25, -0.2) is 5.43 Å². The quantitative estimate of drug-likeness (QED) is 0.0266. The van der Waals surface area contributed by atoms with Crippen LogP contribution in [0, 0.1) is 0 Å². The number of hydrogen-bond donors (Lipinski definition) is 10. The number of hydrazone groups is 1.